The van der Waals surface area contributed by atoms with Crippen molar-refractivity contribution in [2.24, 2.45) is 0 Å². The molecule has 0 aliphatic heterocycles. The fourth-order valence-electron chi connectivity index (χ4n) is 4.17. The number of nitrogens with zero attached hydrogens (tertiary/aromatic N) is 3. The van der Waals surface area contributed by atoms with Crippen LogP contribution in [0.25, 0.3) is 5.69 Å². The third kappa shape index (κ3) is 7.55. The van der Waals surface area contributed by atoms with Gasteiger partial charge in [-0.2, -0.15) is 18.3 Å². The SMILES string of the molecule is CC(C)(C)c1cc(NC(=O)CN(CCc2ccccc2)C(=O)c2cccc(C(F)(F)F)c2)n(-c2ccccc2Cl)n1. The summed E-state index contributed by atoms with van der Waals surface area (Å²) in [6.07, 6.45) is -4.20. The van der Waals surface area contributed by atoms with Gasteiger partial charge in [-0.3, -0.25) is 9.59 Å². The molecule has 0 saturated carbocycles. The monoisotopic (exact) mass is 582 g/mol. The molecule has 1 heterocycles. The number of rotatable bonds is 8. The van der Waals surface area contributed by atoms with E-state index in [4.69, 9.17) is 11.6 Å². The van der Waals surface area contributed by atoms with E-state index in [1.165, 1.54) is 21.7 Å². The van der Waals surface area contributed by atoms with Gasteiger partial charge in [0, 0.05) is 23.6 Å². The van der Waals surface area contributed by atoms with Crippen LogP contribution in [0.5, 0.6) is 0 Å². The predicted molar refractivity (Wildman–Crippen MR) is 153 cm³/mol. The number of anilines is 1. The van der Waals surface area contributed by atoms with Crippen molar-refractivity contribution < 1.29 is 22.8 Å². The highest BCUT2D eigenvalue weighted by atomic mass is 35.5. The van der Waals surface area contributed by atoms with Crippen LogP contribution in [0.1, 0.15) is 48.0 Å². The Morgan fingerprint density at radius 2 is 1.61 bits per heavy atom. The molecule has 10 heteroatoms. The highest BCUT2D eigenvalue weighted by Gasteiger charge is 2.31. The number of alkyl halides is 3. The van der Waals surface area contributed by atoms with Gasteiger partial charge in [0.25, 0.3) is 5.91 Å². The minimum Gasteiger partial charge on any atom is -0.329 e. The van der Waals surface area contributed by atoms with Crippen LogP contribution in [0.15, 0.2) is 84.9 Å². The van der Waals surface area contributed by atoms with Gasteiger partial charge >= 0.3 is 6.18 Å². The molecule has 2 amide bonds. The summed E-state index contributed by atoms with van der Waals surface area (Å²) in [5.41, 5.74) is 0.745. The molecule has 4 aromatic rings. The molecule has 41 heavy (non-hydrogen) atoms. The van der Waals surface area contributed by atoms with Crippen LogP contribution in [0.3, 0.4) is 0 Å². The van der Waals surface area contributed by atoms with E-state index in [0.29, 0.717) is 28.6 Å². The lowest BCUT2D eigenvalue weighted by Gasteiger charge is -2.23. The zero-order valence-corrected chi connectivity index (χ0v) is 23.6. The lowest BCUT2D eigenvalue weighted by Crippen LogP contribution is -2.39. The molecule has 0 unspecified atom stereocenters. The van der Waals surface area contributed by atoms with Gasteiger partial charge < -0.3 is 10.2 Å². The van der Waals surface area contributed by atoms with Gasteiger partial charge in [0.15, 0.2) is 0 Å². The Morgan fingerprint density at radius 1 is 0.927 bits per heavy atom. The molecule has 6 nitrogen and oxygen atoms in total. The fraction of sp³-hybridized carbons (Fsp3) is 0.258. The van der Waals surface area contributed by atoms with Crippen molar-refractivity contribution in [3.8, 4) is 5.69 Å². The second-order valence-electron chi connectivity index (χ2n) is 10.6. The van der Waals surface area contributed by atoms with Crippen LogP contribution < -0.4 is 5.32 Å². The molecule has 0 spiro atoms. The van der Waals surface area contributed by atoms with E-state index >= 15 is 0 Å². The second-order valence-corrected chi connectivity index (χ2v) is 11.0. The van der Waals surface area contributed by atoms with Crippen LogP contribution >= 0.6 is 11.6 Å². The van der Waals surface area contributed by atoms with Gasteiger partial charge in [-0.05, 0) is 42.3 Å². The molecular formula is C31H30ClF3N4O2. The fourth-order valence-corrected chi connectivity index (χ4v) is 4.39. The average Bonchev–Trinajstić information content (AvgIpc) is 3.35. The van der Waals surface area contributed by atoms with Crippen molar-refractivity contribution in [2.45, 2.75) is 38.8 Å². The zero-order valence-electron chi connectivity index (χ0n) is 22.9. The maximum atomic E-state index is 13.4. The first-order valence-electron chi connectivity index (χ1n) is 13.0. The summed E-state index contributed by atoms with van der Waals surface area (Å²) in [5, 5.41) is 7.92. The molecule has 1 aromatic heterocycles. The van der Waals surface area contributed by atoms with Crippen molar-refractivity contribution in [2.75, 3.05) is 18.4 Å². The molecule has 4 rings (SSSR count). The van der Waals surface area contributed by atoms with Crippen molar-refractivity contribution in [3.63, 3.8) is 0 Å². The number of hydrogen-bond acceptors (Lipinski definition) is 3. The van der Waals surface area contributed by atoms with Crippen molar-refractivity contribution in [1.82, 2.24) is 14.7 Å². The summed E-state index contributed by atoms with van der Waals surface area (Å²) < 4.78 is 41.6. The minimum atomic E-state index is -4.61. The molecule has 3 aromatic carbocycles. The quantitative estimate of drug-likeness (QED) is 0.240. The molecule has 0 aliphatic rings. The number of aromatic nitrogens is 2. The number of carbonyl (C=O) groups is 2. The maximum Gasteiger partial charge on any atom is 0.416 e. The Labute approximate surface area is 241 Å². The number of halogens is 4. The van der Waals surface area contributed by atoms with Gasteiger partial charge in [0.2, 0.25) is 5.91 Å². The Hall–Kier alpha value is -4.11. The topological polar surface area (TPSA) is 67.2 Å². The second kappa shape index (κ2) is 12.2. The smallest absolute Gasteiger partial charge is 0.329 e. The number of nitrogens with one attached hydrogen (secondary N) is 1. The lowest BCUT2D eigenvalue weighted by molar-refractivity contribution is -0.137. The van der Waals surface area contributed by atoms with Crippen LogP contribution in [0, 0.1) is 0 Å². The average molecular weight is 583 g/mol. The van der Waals surface area contributed by atoms with E-state index < -0.39 is 23.6 Å². The molecule has 0 aliphatic carbocycles. The van der Waals surface area contributed by atoms with Crippen molar-refractivity contribution >= 4 is 29.2 Å². The predicted octanol–water partition coefficient (Wildman–Crippen LogP) is 7.17. The van der Waals surface area contributed by atoms with Crippen LogP contribution in [0.4, 0.5) is 19.0 Å². The largest absolute Gasteiger partial charge is 0.416 e. The maximum absolute atomic E-state index is 13.4. The van der Waals surface area contributed by atoms with Crippen molar-refractivity contribution in [3.05, 3.63) is 112 Å². The molecule has 1 N–H and O–H groups in total. The molecule has 0 radical (unpaired) electrons. The molecule has 0 fully saturated rings. The van der Waals surface area contributed by atoms with Crippen LogP contribution in [-0.4, -0.2) is 39.6 Å². The summed E-state index contributed by atoms with van der Waals surface area (Å²) >= 11 is 6.42. The van der Waals surface area contributed by atoms with Gasteiger partial charge in [-0.15, -0.1) is 0 Å². The van der Waals surface area contributed by atoms with E-state index in [9.17, 15) is 22.8 Å². The molecule has 214 valence electrons. The Morgan fingerprint density at radius 3 is 2.27 bits per heavy atom. The van der Waals surface area contributed by atoms with E-state index in [2.05, 4.69) is 10.4 Å². The van der Waals surface area contributed by atoms with Crippen molar-refractivity contribution in [1.29, 1.82) is 0 Å². The summed E-state index contributed by atoms with van der Waals surface area (Å²) in [6, 6.07) is 22.3. The Bertz CT molecular complexity index is 1530. The number of benzene rings is 3. The number of carbonyl (C=O) groups excluding carboxylic acids is 2. The Kier molecular flexibility index (Phi) is 8.87. The first-order chi connectivity index (χ1) is 19.3. The van der Waals surface area contributed by atoms with E-state index in [-0.39, 0.29) is 24.1 Å². The molecule has 0 saturated heterocycles. The summed E-state index contributed by atoms with van der Waals surface area (Å²) in [7, 11) is 0. The summed E-state index contributed by atoms with van der Waals surface area (Å²) in [6.45, 7) is 5.68. The van der Waals surface area contributed by atoms with Gasteiger partial charge in [0.05, 0.1) is 22.0 Å². The highest BCUT2D eigenvalue weighted by molar-refractivity contribution is 6.32. The Balaban J connectivity index is 1.62. The highest BCUT2D eigenvalue weighted by Crippen LogP contribution is 2.31. The van der Waals surface area contributed by atoms with E-state index in [1.54, 1.807) is 30.3 Å². The third-order valence-electron chi connectivity index (χ3n) is 6.40. The lowest BCUT2D eigenvalue weighted by atomic mass is 9.92. The van der Waals surface area contributed by atoms with Crippen LogP contribution in [-0.2, 0) is 22.8 Å². The molecular weight excluding hydrogens is 553 g/mol. The molecule has 0 bridgehead atoms. The minimum absolute atomic E-state index is 0.115. The van der Waals surface area contributed by atoms with Gasteiger partial charge in [-0.1, -0.05) is 80.9 Å². The summed E-state index contributed by atoms with van der Waals surface area (Å²) in [4.78, 5) is 28.1. The number of hydrogen-bond donors (Lipinski definition) is 1. The van der Waals surface area contributed by atoms with E-state index in [1.807, 2.05) is 51.1 Å². The third-order valence-corrected chi connectivity index (χ3v) is 6.72. The normalized spacial score (nSPS) is 11.8. The standard InChI is InChI=1S/C31H30ClF3N4O2/c1-30(2,3)26-19-27(39(37-26)25-15-8-7-14-24(25)32)36-28(40)20-38(17-16-21-10-5-4-6-11-21)29(41)22-12-9-13-23(18-22)31(33,34)35/h4-15,18-19H,16-17,20H2,1-3H3,(H,36,40). The van der Waals surface area contributed by atoms with E-state index in [0.717, 1.165) is 17.7 Å². The number of amides is 2. The van der Waals surface area contributed by atoms with Gasteiger partial charge in [0.1, 0.15) is 12.4 Å². The first-order valence-corrected chi connectivity index (χ1v) is 13.4. The van der Waals surface area contributed by atoms with Gasteiger partial charge in [-0.25, -0.2) is 4.68 Å². The first kappa shape index (κ1) is 29.9. The molecule has 0 atom stereocenters. The summed E-state index contributed by atoms with van der Waals surface area (Å²) in [5.74, 6) is -0.869. The zero-order chi connectivity index (χ0) is 29.8. The van der Waals surface area contributed by atoms with Crippen LogP contribution in [0.2, 0.25) is 5.02 Å². The number of para-hydroxylation sites is 1.